The van der Waals surface area contributed by atoms with Gasteiger partial charge in [-0.25, -0.2) is 4.98 Å². The summed E-state index contributed by atoms with van der Waals surface area (Å²) in [5.41, 5.74) is 3.15. The molecule has 0 aliphatic carbocycles. The second kappa shape index (κ2) is 9.62. The van der Waals surface area contributed by atoms with Gasteiger partial charge >= 0.3 is 0 Å². The zero-order valence-corrected chi connectivity index (χ0v) is 18.1. The summed E-state index contributed by atoms with van der Waals surface area (Å²) in [4.78, 5) is 30.0. The SMILES string of the molecule is CCCn1c(SCc2ccc(C(=O)Nc3ccccc3)cc2)nc2ccccc2c1=O. The fourth-order valence-corrected chi connectivity index (χ4v) is 4.28. The molecule has 0 bridgehead atoms. The number of thioether (sulfide) groups is 1. The van der Waals surface area contributed by atoms with Crippen molar-refractivity contribution < 1.29 is 4.79 Å². The van der Waals surface area contributed by atoms with Crippen molar-refractivity contribution in [1.82, 2.24) is 9.55 Å². The standard InChI is InChI=1S/C25H23N3O2S/c1-2-16-28-24(30)21-10-6-7-11-22(21)27-25(28)31-17-18-12-14-19(15-13-18)23(29)26-20-8-4-3-5-9-20/h3-15H,2,16-17H2,1H3,(H,26,29). The molecule has 0 unspecified atom stereocenters. The van der Waals surface area contributed by atoms with Gasteiger partial charge in [0, 0.05) is 23.5 Å². The number of amides is 1. The second-order valence-electron chi connectivity index (χ2n) is 7.17. The number of para-hydroxylation sites is 2. The summed E-state index contributed by atoms with van der Waals surface area (Å²) in [6, 6.07) is 24.4. The number of carbonyl (C=O) groups excluding carboxylic acids is 1. The highest BCUT2D eigenvalue weighted by Gasteiger charge is 2.12. The fourth-order valence-electron chi connectivity index (χ4n) is 3.30. The van der Waals surface area contributed by atoms with E-state index in [1.807, 2.05) is 78.9 Å². The molecule has 5 nitrogen and oxygen atoms in total. The molecule has 156 valence electrons. The number of aromatic nitrogens is 2. The summed E-state index contributed by atoms with van der Waals surface area (Å²) in [6.07, 6.45) is 0.860. The third kappa shape index (κ3) is 4.86. The van der Waals surface area contributed by atoms with Crippen molar-refractivity contribution in [2.24, 2.45) is 0 Å². The minimum atomic E-state index is -0.140. The van der Waals surface area contributed by atoms with Crippen molar-refractivity contribution in [3.8, 4) is 0 Å². The van der Waals surface area contributed by atoms with Crippen LogP contribution >= 0.6 is 11.8 Å². The summed E-state index contributed by atoms with van der Waals surface area (Å²) in [5.74, 6) is 0.521. The number of fused-ring (bicyclic) bond motifs is 1. The van der Waals surface area contributed by atoms with E-state index in [-0.39, 0.29) is 11.5 Å². The Morgan fingerprint density at radius 2 is 1.68 bits per heavy atom. The molecule has 4 rings (SSSR count). The molecule has 0 atom stereocenters. The lowest BCUT2D eigenvalue weighted by Gasteiger charge is -2.12. The van der Waals surface area contributed by atoms with Crippen molar-refractivity contribution in [2.45, 2.75) is 30.8 Å². The first-order valence-electron chi connectivity index (χ1n) is 10.2. The van der Waals surface area contributed by atoms with Gasteiger partial charge in [-0.15, -0.1) is 0 Å². The van der Waals surface area contributed by atoms with Crippen LogP contribution in [0.1, 0.15) is 29.3 Å². The maximum Gasteiger partial charge on any atom is 0.262 e. The van der Waals surface area contributed by atoms with E-state index in [9.17, 15) is 9.59 Å². The highest BCUT2D eigenvalue weighted by Crippen LogP contribution is 2.23. The quantitative estimate of drug-likeness (QED) is 0.318. The van der Waals surface area contributed by atoms with Gasteiger partial charge in [-0.2, -0.15) is 0 Å². The van der Waals surface area contributed by atoms with Crippen molar-refractivity contribution >= 4 is 34.3 Å². The molecule has 0 fully saturated rings. The van der Waals surface area contributed by atoms with E-state index in [4.69, 9.17) is 4.98 Å². The molecule has 0 saturated heterocycles. The van der Waals surface area contributed by atoms with Crippen molar-refractivity contribution in [1.29, 1.82) is 0 Å². The lowest BCUT2D eigenvalue weighted by molar-refractivity contribution is 0.102. The first-order chi connectivity index (χ1) is 15.2. The number of nitrogens with zero attached hydrogens (tertiary/aromatic N) is 2. The molecule has 1 aromatic heterocycles. The van der Waals surface area contributed by atoms with Gasteiger partial charge in [0.15, 0.2) is 5.16 Å². The molecule has 1 N–H and O–H groups in total. The topological polar surface area (TPSA) is 64.0 Å². The molecular formula is C25H23N3O2S. The molecule has 0 aliphatic heterocycles. The van der Waals surface area contributed by atoms with Gasteiger partial charge in [-0.1, -0.05) is 61.2 Å². The van der Waals surface area contributed by atoms with Crippen LogP contribution in [-0.2, 0) is 12.3 Å². The molecule has 1 amide bonds. The minimum Gasteiger partial charge on any atom is -0.322 e. The smallest absolute Gasteiger partial charge is 0.262 e. The average molecular weight is 430 g/mol. The highest BCUT2D eigenvalue weighted by atomic mass is 32.2. The summed E-state index contributed by atoms with van der Waals surface area (Å²) >= 11 is 1.54. The Morgan fingerprint density at radius 1 is 0.968 bits per heavy atom. The van der Waals surface area contributed by atoms with Crippen LogP contribution in [0.4, 0.5) is 5.69 Å². The van der Waals surface area contributed by atoms with E-state index in [1.54, 1.807) is 4.57 Å². The van der Waals surface area contributed by atoms with Gasteiger partial charge in [-0.05, 0) is 48.4 Å². The summed E-state index contributed by atoms with van der Waals surface area (Å²) in [7, 11) is 0. The van der Waals surface area contributed by atoms with Crippen LogP contribution in [0.2, 0.25) is 0 Å². The summed E-state index contributed by atoms with van der Waals surface area (Å²) in [6.45, 7) is 2.69. The number of anilines is 1. The predicted molar refractivity (Wildman–Crippen MR) is 127 cm³/mol. The Balaban J connectivity index is 1.49. The Bertz CT molecular complexity index is 1250. The number of benzene rings is 3. The maximum absolute atomic E-state index is 12.9. The Labute approximate surface area is 185 Å². The third-order valence-electron chi connectivity index (χ3n) is 4.89. The molecule has 0 saturated carbocycles. The van der Waals surface area contributed by atoms with E-state index >= 15 is 0 Å². The van der Waals surface area contributed by atoms with E-state index in [0.717, 1.165) is 28.3 Å². The van der Waals surface area contributed by atoms with Crippen molar-refractivity contribution in [3.63, 3.8) is 0 Å². The zero-order valence-electron chi connectivity index (χ0n) is 17.2. The van der Waals surface area contributed by atoms with E-state index < -0.39 is 0 Å². The lowest BCUT2D eigenvalue weighted by Crippen LogP contribution is -2.23. The molecule has 0 spiro atoms. The van der Waals surface area contributed by atoms with Crippen molar-refractivity contribution in [2.75, 3.05) is 5.32 Å². The van der Waals surface area contributed by atoms with E-state index in [2.05, 4.69) is 12.2 Å². The predicted octanol–water partition coefficient (Wildman–Crippen LogP) is 5.35. The van der Waals surface area contributed by atoms with Gasteiger partial charge in [0.2, 0.25) is 0 Å². The Hall–Kier alpha value is -3.38. The van der Waals surface area contributed by atoms with Crippen molar-refractivity contribution in [3.05, 3.63) is 100 Å². The summed E-state index contributed by atoms with van der Waals surface area (Å²) in [5, 5.41) is 4.25. The zero-order chi connectivity index (χ0) is 21.6. The average Bonchev–Trinajstić information content (AvgIpc) is 2.81. The first-order valence-corrected chi connectivity index (χ1v) is 11.2. The molecule has 4 aromatic rings. The number of nitrogens with one attached hydrogen (secondary N) is 1. The Kier molecular flexibility index (Phi) is 6.48. The molecule has 31 heavy (non-hydrogen) atoms. The van der Waals surface area contributed by atoms with Gasteiger partial charge < -0.3 is 5.32 Å². The largest absolute Gasteiger partial charge is 0.322 e. The van der Waals surface area contributed by atoms with Crippen LogP contribution in [0.5, 0.6) is 0 Å². The fraction of sp³-hybridized carbons (Fsp3) is 0.160. The Morgan fingerprint density at radius 3 is 2.42 bits per heavy atom. The first kappa shape index (κ1) is 20.9. The van der Waals surface area contributed by atoms with Crippen LogP contribution in [-0.4, -0.2) is 15.5 Å². The third-order valence-corrected chi connectivity index (χ3v) is 5.94. The molecule has 0 radical (unpaired) electrons. The maximum atomic E-state index is 12.9. The number of rotatable bonds is 7. The van der Waals surface area contributed by atoms with Crippen LogP contribution < -0.4 is 10.9 Å². The monoisotopic (exact) mass is 429 g/mol. The molecule has 0 aliphatic rings. The number of hydrogen-bond donors (Lipinski definition) is 1. The van der Waals surface area contributed by atoms with Crippen LogP contribution in [0.25, 0.3) is 10.9 Å². The summed E-state index contributed by atoms with van der Waals surface area (Å²) < 4.78 is 1.76. The molecule has 3 aromatic carbocycles. The number of hydrogen-bond acceptors (Lipinski definition) is 4. The highest BCUT2D eigenvalue weighted by molar-refractivity contribution is 7.98. The molecular weight excluding hydrogens is 406 g/mol. The van der Waals surface area contributed by atoms with Crippen LogP contribution in [0, 0.1) is 0 Å². The van der Waals surface area contributed by atoms with E-state index in [1.165, 1.54) is 11.8 Å². The van der Waals surface area contributed by atoms with Gasteiger partial charge in [-0.3, -0.25) is 14.2 Å². The van der Waals surface area contributed by atoms with Crippen LogP contribution in [0.3, 0.4) is 0 Å². The number of carbonyl (C=O) groups is 1. The minimum absolute atomic E-state index is 0.00267. The normalized spacial score (nSPS) is 10.9. The van der Waals surface area contributed by atoms with E-state index in [0.29, 0.717) is 23.2 Å². The van der Waals surface area contributed by atoms with Gasteiger partial charge in [0.05, 0.1) is 10.9 Å². The second-order valence-corrected chi connectivity index (χ2v) is 8.12. The lowest BCUT2D eigenvalue weighted by atomic mass is 10.1. The van der Waals surface area contributed by atoms with Gasteiger partial charge in [0.25, 0.3) is 11.5 Å². The van der Waals surface area contributed by atoms with Gasteiger partial charge in [0.1, 0.15) is 0 Å². The van der Waals surface area contributed by atoms with Crippen LogP contribution in [0.15, 0.2) is 88.8 Å². The molecule has 1 heterocycles. The molecule has 6 heteroatoms.